The van der Waals surface area contributed by atoms with E-state index in [1.165, 1.54) is 6.08 Å². The third-order valence-electron chi connectivity index (χ3n) is 5.15. The van der Waals surface area contributed by atoms with Gasteiger partial charge in [0.2, 0.25) is 0 Å². The molecule has 2 bridgehead atoms. The van der Waals surface area contributed by atoms with Crippen molar-refractivity contribution >= 4 is 14.4 Å². The second kappa shape index (κ2) is 9.24. The van der Waals surface area contributed by atoms with Crippen molar-refractivity contribution in [3.05, 3.63) is 42.0 Å². The second-order valence-electron chi connectivity index (χ2n) is 6.95. The number of carbonyl (C=O) groups excluding carboxylic acids is 1. The van der Waals surface area contributed by atoms with Crippen LogP contribution < -0.4 is 4.74 Å². The zero-order valence-electron chi connectivity index (χ0n) is 14.8. The number of hydrogen-bond acceptors (Lipinski definition) is 5. The highest BCUT2D eigenvalue weighted by molar-refractivity contribution is 5.81. The van der Waals surface area contributed by atoms with Crippen LogP contribution in [0.15, 0.2) is 36.4 Å². The van der Waals surface area contributed by atoms with Crippen LogP contribution in [-0.4, -0.2) is 62.8 Å². The van der Waals surface area contributed by atoms with Gasteiger partial charge in [-0.1, -0.05) is 18.2 Å². The Morgan fingerprint density at radius 2 is 2.00 bits per heavy atom. The molecule has 5 nitrogen and oxygen atoms in total. The van der Waals surface area contributed by atoms with Crippen LogP contribution >= 0.6 is 0 Å². The van der Waals surface area contributed by atoms with E-state index in [9.17, 15) is 9.90 Å². The van der Waals surface area contributed by atoms with Gasteiger partial charge < -0.3 is 19.5 Å². The average molecular weight is 359 g/mol. The number of ether oxygens (including phenoxy) is 2. The summed E-state index contributed by atoms with van der Waals surface area (Å²) in [5, 5.41) is 10.9. The fourth-order valence-corrected chi connectivity index (χ4v) is 3.72. The van der Waals surface area contributed by atoms with Gasteiger partial charge in [0, 0.05) is 12.6 Å². The molecule has 0 saturated carbocycles. The molecule has 1 aromatic carbocycles. The van der Waals surface area contributed by atoms with E-state index in [1.54, 1.807) is 13.0 Å². The second-order valence-corrected chi connectivity index (χ2v) is 6.95. The van der Waals surface area contributed by atoms with Gasteiger partial charge >= 0.3 is 5.97 Å². The molecule has 0 amide bonds. The molecule has 0 spiro atoms. The maximum atomic E-state index is 11.3. The van der Waals surface area contributed by atoms with Crippen molar-refractivity contribution in [2.75, 3.05) is 32.8 Å². The largest absolute Gasteiger partial charge is 0.491 e. The highest BCUT2D eigenvalue weighted by Gasteiger charge is 2.45. The molecule has 4 rings (SSSR count). The van der Waals surface area contributed by atoms with Crippen LogP contribution in [0.25, 0.3) is 0 Å². The molecule has 3 saturated heterocycles. The molecule has 3 fully saturated rings. The number of esters is 1. The van der Waals surface area contributed by atoms with Crippen molar-refractivity contribution in [1.29, 1.82) is 0 Å². The minimum Gasteiger partial charge on any atom is -0.491 e. The maximum absolute atomic E-state index is 11.3. The summed E-state index contributed by atoms with van der Waals surface area (Å²) < 4.78 is 10.7. The van der Waals surface area contributed by atoms with E-state index >= 15 is 0 Å². The van der Waals surface area contributed by atoms with E-state index in [-0.39, 0.29) is 14.4 Å². The number of allylic oxidation sites excluding steroid dienone is 1. The summed E-state index contributed by atoms with van der Waals surface area (Å²) in [7, 11) is 0. The Bertz CT molecular complexity index is 611. The van der Waals surface area contributed by atoms with Crippen LogP contribution in [0.2, 0.25) is 0 Å². The van der Waals surface area contributed by atoms with Crippen LogP contribution in [0.4, 0.5) is 0 Å². The van der Waals surface area contributed by atoms with E-state index in [1.807, 2.05) is 24.3 Å². The lowest BCUT2D eigenvalue weighted by atomic mass is 9.76. The van der Waals surface area contributed by atoms with Gasteiger partial charge in [0.1, 0.15) is 18.0 Å². The highest BCUT2D eigenvalue weighted by atomic mass is 16.5. The standard InChI is InChI=1S/C20H27NO4.BH3/c1-2-24-19(22)5-3-4-16-6-8-18(9-7-16)25-15-20(23)14-21-12-10-17(20)11-13-21;/h3,5-9,17,23H,2,4,10-15H2,1H3;1H3. The van der Waals surface area contributed by atoms with Gasteiger partial charge in [0.25, 0.3) is 0 Å². The summed E-state index contributed by atoms with van der Waals surface area (Å²) in [5.41, 5.74) is 0.367. The zero-order valence-corrected chi connectivity index (χ0v) is 14.8. The average Bonchev–Trinajstić information content (AvgIpc) is 2.62. The Kier molecular flexibility index (Phi) is 7.29. The Morgan fingerprint density at radius 3 is 2.58 bits per heavy atom. The van der Waals surface area contributed by atoms with Gasteiger partial charge in [-0.3, -0.25) is 0 Å². The lowest BCUT2D eigenvalue weighted by Gasteiger charge is -2.50. The number of aliphatic hydroxyl groups is 1. The Morgan fingerprint density at radius 1 is 1.31 bits per heavy atom. The van der Waals surface area contributed by atoms with E-state index in [4.69, 9.17) is 9.47 Å². The molecule has 6 heteroatoms. The fourth-order valence-electron chi connectivity index (χ4n) is 3.72. The van der Waals surface area contributed by atoms with Crippen LogP contribution in [0.5, 0.6) is 5.75 Å². The van der Waals surface area contributed by atoms with Crippen LogP contribution in [0, 0.1) is 5.92 Å². The van der Waals surface area contributed by atoms with Crippen LogP contribution in [0.1, 0.15) is 25.3 Å². The van der Waals surface area contributed by atoms with Gasteiger partial charge in [0.05, 0.1) is 15.0 Å². The van der Waals surface area contributed by atoms with Crippen LogP contribution in [0.3, 0.4) is 0 Å². The maximum Gasteiger partial charge on any atom is 0.330 e. The summed E-state index contributed by atoms with van der Waals surface area (Å²) in [4.78, 5) is 13.6. The Hall–Kier alpha value is -1.79. The molecule has 26 heavy (non-hydrogen) atoms. The third kappa shape index (κ3) is 5.11. The van der Waals surface area contributed by atoms with Crippen molar-refractivity contribution in [2.24, 2.45) is 5.92 Å². The van der Waals surface area contributed by atoms with E-state index in [0.717, 1.165) is 37.2 Å². The summed E-state index contributed by atoms with van der Waals surface area (Å²) in [5.74, 6) is 0.806. The van der Waals surface area contributed by atoms with Crippen LogP contribution in [-0.2, 0) is 16.0 Å². The minimum atomic E-state index is -0.725. The first-order valence-electron chi connectivity index (χ1n) is 9.09. The zero-order chi connectivity index (χ0) is 17.7. The monoisotopic (exact) mass is 359 g/mol. The molecule has 1 N–H and O–H groups in total. The molecular formula is C20H30BNO4. The molecular weight excluding hydrogens is 329 g/mol. The Balaban J connectivity index is 0.00000243. The third-order valence-corrected chi connectivity index (χ3v) is 5.15. The summed E-state index contributed by atoms with van der Waals surface area (Å²) in [6.45, 7) is 5.43. The lowest BCUT2D eigenvalue weighted by Crippen LogP contribution is -2.61. The first-order chi connectivity index (χ1) is 12.1. The molecule has 0 radical (unpaired) electrons. The van der Waals surface area contributed by atoms with Gasteiger partial charge in [-0.05, 0) is 62.9 Å². The summed E-state index contributed by atoms with van der Waals surface area (Å²) in [6.07, 6.45) is 6.04. The molecule has 0 aromatic heterocycles. The number of carbonyl (C=O) groups is 1. The number of benzene rings is 1. The lowest BCUT2D eigenvalue weighted by molar-refractivity contribution is -0.137. The van der Waals surface area contributed by atoms with E-state index < -0.39 is 5.60 Å². The highest BCUT2D eigenvalue weighted by Crippen LogP contribution is 2.36. The topological polar surface area (TPSA) is 59.0 Å². The van der Waals surface area contributed by atoms with Gasteiger partial charge in [-0.15, -0.1) is 0 Å². The minimum absolute atomic E-state index is 0. The molecule has 0 aliphatic carbocycles. The summed E-state index contributed by atoms with van der Waals surface area (Å²) >= 11 is 0. The van der Waals surface area contributed by atoms with Gasteiger partial charge in [-0.25, -0.2) is 4.79 Å². The quantitative estimate of drug-likeness (QED) is 0.447. The molecule has 1 unspecified atom stereocenters. The normalized spacial score (nSPS) is 27.2. The van der Waals surface area contributed by atoms with Crippen molar-refractivity contribution in [2.45, 2.75) is 31.8 Å². The van der Waals surface area contributed by atoms with Crippen molar-refractivity contribution in [3.63, 3.8) is 0 Å². The molecule has 3 heterocycles. The van der Waals surface area contributed by atoms with Gasteiger partial charge in [-0.2, -0.15) is 0 Å². The number of piperidine rings is 3. The molecule has 3 aliphatic heterocycles. The molecule has 142 valence electrons. The molecule has 1 atom stereocenters. The predicted octanol–water partition coefficient (Wildman–Crippen LogP) is 1.000. The molecule has 3 aliphatic rings. The number of hydrogen-bond donors (Lipinski definition) is 1. The number of fused-ring (bicyclic) bond motifs is 3. The summed E-state index contributed by atoms with van der Waals surface area (Å²) in [6, 6.07) is 7.79. The first kappa shape index (κ1) is 20.5. The van der Waals surface area contributed by atoms with Crippen molar-refractivity contribution in [1.82, 2.24) is 4.90 Å². The van der Waals surface area contributed by atoms with Gasteiger partial charge in [0.15, 0.2) is 0 Å². The number of nitrogens with zero attached hydrogens (tertiary/aromatic N) is 1. The number of rotatable bonds is 7. The van der Waals surface area contributed by atoms with Crippen molar-refractivity contribution in [3.8, 4) is 5.75 Å². The van der Waals surface area contributed by atoms with Crippen molar-refractivity contribution < 1.29 is 19.4 Å². The SMILES string of the molecule is B.CCOC(=O)C=CCc1ccc(OCC2(O)CN3CCC2CC3)cc1. The van der Waals surface area contributed by atoms with E-state index in [2.05, 4.69) is 4.90 Å². The fraction of sp³-hybridized carbons (Fsp3) is 0.550. The Labute approximate surface area is 157 Å². The molecule has 1 aromatic rings. The smallest absolute Gasteiger partial charge is 0.330 e. The first-order valence-corrected chi connectivity index (χ1v) is 9.09. The predicted molar refractivity (Wildman–Crippen MR) is 105 cm³/mol. The van der Waals surface area contributed by atoms with E-state index in [0.29, 0.717) is 32.1 Å².